The Balaban J connectivity index is 1.92. The first kappa shape index (κ1) is 22.2. The number of amides is 1. The summed E-state index contributed by atoms with van der Waals surface area (Å²) in [5.74, 6) is -1.63. The summed E-state index contributed by atoms with van der Waals surface area (Å²) in [5.41, 5.74) is 2.23. The lowest BCUT2D eigenvalue weighted by atomic mass is 9.86. The fourth-order valence-electron chi connectivity index (χ4n) is 2.97. The number of halogens is 5. The number of aliphatic imine (C=N–C) groups is 1. The van der Waals surface area contributed by atoms with Crippen LogP contribution in [0.3, 0.4) is 0 Å². The molecule has 13 heteroatoms. The number of nitrogens with one attached hydrogen (secondary N) is 1. The lowest BCUT2D eigenvalue weighted by Crippen LogP contribution is -2.48. The Morgan fingerprint density at radius 1 is 1.35 bits per heavy atom. The number of benzene rings is 1. The largest absolute Gasteiger partial charge is 0.480 e. The van der Waals surface area contributed by atoms with Gasteiger partial charge in [0.1, 0.15) is 18.2 Å². The van der Waals surface area contributed by atoms with Gasteiger partial charge in [-0.3, -0.25) is 4.79 Å². The first-order valence-electron chi connectivity index (χ1n) is 8.70. The minimum Gasteiger partial charge on any atom is -0.480 e. The number of methoxy groups -OCH3 is 1. The number of nitrogens with two attached hydrogens (primary N) is 1. The first-order valence-corrected chi connectivity index (χ1v) is 8.70. The highest BCUT2D eigenvalue weighted by molar-refractivity contribution is 6.02. The van der Waals surface area contributed by atoms with Crippen LogP contribution in [-0.2, 0) is 10.3 Å². The molecule has 0 saturated heterocycles. The Morgan fingerprint density at radius 3 is 2.68 bits per heavy atom. The summed E-state index contributed by atoms with van der Waals surface area (Å²) in [6.07, 6.45) is -3.56. The lowest BCUT2D eigenvalue weighted by molar-refractivity contribution is -0.167. The maximum absolute atomic E-state index is 14.5. The summed E-state index contributed by atoms with van der Waals surface area (Å²) in [4.78, 5) is 23.1. The summed E-state index contributed by atoms with van der Waals surface area (Å²) >= 11 is 0. The van der Waals surface area contributed by atoms with Gasteiger partial charge in [0.05, 0.1) is 19.5 Å². The van der Waals surface area contributed by atoms with Crippen molar-refractivity contribution in [1.82, 2.24) is 9.97 Å². The molecular weight excluding hydrogens is 429 g/mol. The van der Waals surface area contributed by atoms with Crippen LogP contribution in [-0.4, -0.2) is 47.9 Å². The SMILES string of the molecule is COc1cnc(C(=O)Nc2ccc(F)c([C@]3(CF)C[C@@H](C(F)(F)F)N=C(N)O3)c2)cn1. The smallest absolute Gasteiger partial charge is 0.411 e. The average Bonchev–Trinajstić information content (AvgIpc) is 2.74. The van der Waals surface area contributed by atoms with Crippen LogP contribution >= 0.6 is 0 Å². The summed E-state index contributed by atoms with van der Waals surface area (Å²) in [7, 11) is 1.36. The molecule has 1 aliphatic rings. The average molecular weight is 445 g/mol. The van der Waals surface area contributed by atoms with Crippen molar-refractivity contribution < 1.29 is 36.2 Å². The number of rotatable bonds is 5. The fraction of sp³-hybridized carbons (Fsp3) is 0.333. The van der Waals surface area contributed by atoms with E-state index in [1.54, 1.807) is 0 Å². The highest BCUT2D eigenvalue weighted by Crippen LogP contribution is 2.42. The van der Waals surface area contributed by atoms with Crippen molar-refractivity contribution >= 4 is 17.6 Å². The molecule has 0 bridgehead atoms. The standard InChI is InChI=1S/C18H16F5N5O3/c1-30-14-7-25-12(6-26-14)15(29)27-9-2-3-11(20)10(4-9)17(8-19)5-13(18(21,22)23)28-16(24)31-17/h2-4,6-7,13H,5,8H2,1H3,(H2,24,28)(H,27,29)/t13-,17+/m0/s1. The molecule has 0 spiro atoms. The van der Waals surface area contributed by atoms with Crippen LogP contribution in [0, 0.1) is 5.82 Å². The number of carbonyl (C=O) groups excluding carboxylic acids is 1. The van der Waals surface area contributed by atoms with Gasteiger partial charge in [0.2, 0.25) is 5.88 Å². The van der Waals surface area contributed by atoms with Gasteiger partial charge in [-0.15, -0.1) is 0 Å². The number of nitrogens with zero attached hydrogens (tertiary/aromatic N) is 3. The minimum absolute atomic E-state index is 0.0416. The summed E-state index contributed by atoms with van der Waals surface area (Å²) in [6.45, 7) is -1.52. The van der Waals surface area contributed by atoms with E-state index in [4.69, 9.17) is 15.2 Å². The van der Waals surface area contributed by atoms with Gasteiger partial charge in [-0.1, -0.05) is 0 Å². The van der Waals surface area contributed by atoms with Gasteiger partial charge in [0.15, 0.2) is 11.6 Å². The topological polar surface area (TPSA) is 112 Å². The molecule has 2 heterocycles. The van der Waals surface area contributed by atoms with E-state index >= 15 is 0 Å². The van der Waals surface area contributed by atoms with Crippen LogP contribution < -0.4 is 15.8 Å². The van der Waals surface area contributed by atoms with E-state index < -0.39 is 54.2 Å². The normalized spacial score (nSPS) is 21.1. The second-order valence-electron chi connectivity index (χ2n) is 6.55. The molecule has 8 nitrogen and oxygen atoms in total. The number of ether oxygens (including phenoxy) is 2. The Bertz CT molecular complexity index is 999. The van der Waals surface area contributed by atoms with Gasteiger partial charge in [-0.25, -0.2) is 23.7 Å². The molecule has 1 amide bonds. The Morgan fingerprint density at radius 2 is 2.10 bits per heavy atom. The Hall–Kier alpha value is -3.51. The van der Waals surface area contributed by atoms with Crippen LogP contribution in [0.5, 0.6) is 5.88 Å². The van der Waals surface area contributed by atoms with Crippen LogP contribution in [0.25, 0.3) is 0 Å². The van der Waals surface area contributed by atoms with E-state index in [1.165, 1.54) is 13.3 Å². The Kier molecular flexibility index (Phi) is 5.95. The van der Waals surface area contributed by atoms with E-state index in [0.717, 1.165) is 24.4 Å². The molecule has 2 aromatic rings. The molecule has 31 heavy (non-hydrogen) atoms. The van der Waals surface area contributed by atoms with E-state index in [1.807, 2.05) is 0 Å². The predicted octanol–water partition coefficient (Wildman–Crippen LogP) is 2.71. The molecule has 0 saturated carbocycles. The van der Waals surface area contributed by atoms with Crippen molar-refractivity contribution in [2.45, 2.75) is 24.2 Å². The molecule has 166 valence electrons. The predicted molar refractivity (Wildman–Crippen MR) is 97.8 cm³/mol. The fourth-order valence-corrected chi connectivity index (χ4v) is 2.97. The van der Waals surface area contributed by atoms with Gasteiger partial charge >= 0.3 is 6.18 Å². The van der Waals surface area contributed by atoms with E-state index in [9.17, 15) is 26.7 Å². The van der Waals surface area contributed by atoms with Crippen LogP contribution in [0.4, 0.5) is 27.6 Å². The van der Waals surface area contributed by atoms with Crippen molar-refractivity contribution in [2.75, 3.05) is 19.1 Å². The molecule has 1 aromatic heterocycles. The molecule has 1 aromatic carbocycles. The highest BCUT2D eigenvalue weighted by Gasteiger charge is 2.52. The number of amidine groups is 1. The van der Waals surface area contributed by atoms with E-state index in [0.29, 0.717) is 0 Å². The molecule has 2 atom stereocenters. The van der Waals surface area contributed by atoms with Gasteiger partial charge in [-0.2, -0.15) is 13.2 Å². The number of carbonyl (C=O) groups is 1. The quantitative estimate of drug-likeness (QED) is 0.685. The van der Waals surface area contributed by atoms with Crippen molar-refractivity contribution in [2.24, 2.45) is 10.7 Å². The molecule has 1 aliphatic heterocycles. The molecule has 0 radical (unpaired) electrons. The molecule has 3 rings (SSSR count). The molecule has 3 N–H and O–H groups in total. The van der Waals surface area contributed by atoms with Gasteiger partial charge in [0.25, 0.3) is 11.9 Å². The van der Waals surface area contributed by atoms with Crippen molar-refractivity contribution in [3.63, 3.8) is 0 Å². The third kappa shape index (κ3) is 4.64. The van der Waals surface area contributed by atoms with E-state index in [-0.39, 0.29) is 17.3 Å². The van der Waals surface area contributed by atoms with E-state index in [2.05, 4.69) is 20.3 Å². The van der Waals surface area contributed by atoms with Crippen molar-refractivity contribution in [1.29, 1.82) is 0 Å². The van der Waals surface area contributed by atoms with Gasteiger partial charge in [0, 0.05) is 17.7 Å². The first-order chi connectivity index (χ1) is 14.6. The third-order valence-electron chi connectivity index (χ3n) is 4.48. The molecule has 0 fully saturated rings. The minimum atomic E-state index is -4.84. The molecule has 0 aliphatic carbocycles. The maximum atomic E-state index is 14.5. The number of anilines is 1. The maximum Gasteiger partial charge on any atom is 0.411 e. The third-order valence-corrected chi connectivity index (χ3v) is 4.48. The van der Waals surface area contributed by atoms with Crippen LogP contribution in [0.15, 0.2) is 35.6 Å². The Labute approximate surface area is 172 Å². The van der Waals surface area contributed by atoms with Crippen molar-refractivity contribution in [3.05, 3.63) is 47.7 Å². The van der Waals surface area contributed by atoms with Gasteiger partial charge in [-0.05, 0) is 18.2 Å². The number of hydrogen-bond donors (Lipinski definition) is 2. The summed E-state index contributed by atoms with van der Waals surface area (Å²) in [5, 5.41) is 2.39. The number of hydrogen-bond acceptors (Lipinski definition) is 7. The lowest BCUT2D eigenvalue weighted by Gasteiger charge is -2.38. The van der Waals surface area contributed by atoms with Gasteiger partial charge < -0.3 is 20.5 Å². The number of alkyl halides is 4. The van der Waals surface area contributed by atoms with Crippen molar-refractivity contribution in [3.8, 4) is 5.88 Å². The second-order valence-corrected chi connectivity index (χ2v) is 6.55. The van der Waals surface area contributed by atoms with Crippen LogP contribution in [0.1, 0.15) is 22.5 Å². The zero-order valence-corrected chi connectivity index (χ0v) is 15.9. The highest BCUT2D eigenvalue weighted by atomic mass is 19.4. The monoisotopic (exact) mass is 445 g/mol. The summed E-state index contributed by atoms with van der Waals surface area (Å²) in [6, 6.07) is -0.342. The zero-order chi connectivity index (χ0) is 22.8. The zero-order valence-electron chi connectivity index (χ0n) is 15.9. The van der Waals surface area contributed by atoms with Crippen LogP contribution in [0.2, 0.25) is 0 Å². The summed E-state index contributed by atoms with van der Waals surface area (Å²) < 4.78 is 78.0. The second kappa shape index (κ2) is 8.32. The number of aromatic nitrogens is 2. The molecular formula is C18H16F5N5O3. The molecule has 0 unspecified atom stereocenters.